The molecule has 2 aliphatic heterocycles. The maximum absolute atomic E-state index is 12.1. The van der Waals surface area contributed by atoms with E-state index in [9.17, 15) is 24.0 Å². The summed E-state index contributed by atoms with van der Waals surface area (Å²) in [7, 11) is 0. The summed E-state index contributed by atoms with van der Waals surface area (Å²) in [6.07, 6.45) is 7.72. The van der Waals surface area contributed by atoms with Crippen LogP contribution in [0.15, 0.2) is 99.8 Å². The second kappa shape index (κ2) is 17.2. The number of aromatic nitrogens is 1. The number of rotatable bonds is 6. The molecule has 3 heterocycles. The van der Waals surface area contributed by atoms with Crippen LogP contribution in [-0.2, 0) is 9.59 Å². The topological polar surface area (TPSA) is 108 Å². The first-order valence-corrected chi connectivity index (χ1v) is 16.2. The Kier molecular flexibility index (Phi) is 13.7. The van der Waals surface area contributed by atoms with Crippen molar-refractivity contribution in [2.75, 3.05) is 13.1 Å². The lowest BCUT2D eigenvalue weighted by Gasteiger charge is -2.30. The second-order valence-corrected chi connectivity index (χ2v) is 12.9. The fraction of sp³-hybridized carbons (Fsp3) is 0.265. The molecule has 0 spiro atoms. The molecule has 0 saturated heterocycles. The van der Waals surface area contributed by atoms with Gasteiger partial charge in [-0.3, -0.25) is 24.0 Å². The number of H-pyrrole nitrogens is 1. The van der Waals surface area contributed by atoms with Crippen LogP contribution in [0.1, 0.15) is 53.1 Å². The summed E-state index contributed by atoms with van der Waals surface area (Å²) < 4.78 is 1.43. The zero-order valence-electron chi connectivity index (χ0n) is 24.8. The van der Waals surface area contributed by atoms with Crippen LogP contribution in [0.3, 0.4) is 0 Å². The average molecular weight is 819 g/mol. The number of ketones is 4. The molecule has 1 aromatic heterocycles. The lowest BCUT2D eigenvalue weighted by Crippen LogP contribution is -2.38. The van der Waals surface area contributed by atoms with E-state index in [0.717, 1.165) is 9.26 Å². The summed E-state index contributed by atoms with van der Waals surface area (Å²) in [6, 6.07) is 20.2. The van der Waals surface area contributed by atoms with E-state index in [1.54, 1.807) is 24.7 Å². The average Bonchev–Trinajstić information content (AvgIpc) is 3.01. The van der Waals surface area contributed by atoms with Crippen molar-refractivity contribution in [3.05, 3.63) is 126 Å². The van der Waals surface area contributed by atoms with Gasteiger partial charge in [-0.05, 0) is 72.0 Å². The van der Waals surface area contributed by atoms with Crippen molar-refractivity contribution in [2.24, 2.45) is 0 Å². The second-order valence-electron chi connectivity index (χ2n) is 10.5. The summed E-state index contributed by atoms with van der Waals surface area (Å²) in [4.78, 5) is 64.4. The molecule has 0 radical (unpaired) electrons. The highest BCUT2D eigenvalue weighted by atomic mass is 127. The molecule has 1 N–H and O–H groups in total. The number of carbonyl (C=O) groups excluding carboxylic acids is 4. The van der Waals surface area contributed by atoms with E-state index in [4.69, 9.17) is 0 Å². The van der Waals surface area contributed by atoms with Gasteiger partial charge in [-0.25, -0.2) is 0 Å². The molecule has 0 saturated carbocycles. The maximum Gasteiger partial charge on any atom is 0.195 e. The first-order chi connectivity index (χ1) is 20.9. The highest BCUT2D eigenvalue weighted by molar-refractivity contribution is 14.1. The third-order valence-electron chi connectivity index (χ3n) is 6.96. The summed E-state index contributed by atoms with van der Waals surface area (Å²) in [6.45, 7) is 6.44. The number of carbonyl (C=O) groups is 4. The number of benzene rings is 2. The number of aromatic amines is 1. The van der Waals surface area contributed by atoms with Gasteiger partial charge in [0.25, 0.3) is 0 Å². The molecule has 8 nitrogen and oxygen atoms in total. The Labute approximate surface area is 284 Å². The van der Waals surface area contributed by atoms with Gasteiger partial charge in [-0.15, -0.1) is 0 Å². The highest BCUT2D eigenvalue weighted by Crippen LogP contribution is 2.22. The Morgan fingerprint density at radius 2 is 1.34 bits per heavy atom. The van der Waals surface area contributed by atoms with Crippen molar-refractivity contribution in [2.45, 2.75) is 45.7 Å². The van der Waals surface area contributed by atoms with Crippen molar-refractivity contribution in [3.8, 4) is 0 Å². The van der Waals surface area contributed by atoms with E-state index < -0.39 is 0 Å². The molecular formula is C34H35I2N3O5. The number of nitrogens with one attached hydrogen (secondary N) is 1. The Morgan fingerprint density at radius 1 is 0.818 bits per heavy atom. The summed E-state index contributed by atoms with van der Waals surface area (Å²) in [5.41, 5.74) is 2.42. The normalized spacial score (nSPS) is 17.5. The van der Waals surface area contributed by atoms with Crippen molar-refractivity contribution in [3.63, 3.8) is 0 Å². The SMILES string of the molecule is CC1CC(=O)C(I)=CN1CC(=O)c1ccccc1.CC1CC(=O)C=CN1CC(=O)c1ccccc1.Cc1cc(=O)c(I)c[nH]1. The van der Waals surface area contributed by atoms with Gasteiger partial charge in [0, 0.05) is 66.4 Å². The van der Waals surface area contributed by atoms with Crippen LogP contribution in [0.5, 0.6) is 0 Å². The zero-order chi connectivity index (χ0) is 32.2. The number of halogens is 2. The van der Waals surface area contributed by atoms with Crippen LogP contribution in [0.4, 0.5) is 0 Å². The molecule has 2 aliphatic rings. The minimum atomic E-state index is 0.0800. The van der Waals surface area contributed by atoms with Gasteiger partial charge in [-0.2, -0.15) is 0 Å². The molecule has 0 aliphatic carbocycles. The Hall–Kier alpha value is -3.39. The predicted molar refractivity (Wildman–Crippen MR) is 189 cm³/mol. The van der Waals surface area contributed by atoms with E-state index in [2.05, 4.69) is 4.98 Å². The molecule has 2 unspecified atom stereocenters. The Morgan fingerprint density at radius 3 is 1.84 bits per heavy atom. The number of aryl methyl sites for hydroxylation is 1. The number of hydrogen-bond donors (Lipinski definition) is 1. The van der Waals surface area contributed by atoms with Gasteiger partial charge in [0.2, 0.25) is 0 Å². The molecule has 10 heteroatoms. The minimum absolute atomic E-state index is 0.0800. The van der Waals surface area contributed by atoms with Crippen molar-refractivity contribution < 1.29 is 19.2 Å². The fourth-order valence-electron chi connectivity index (χ4n) is 4.36. The number of pyridine rings is 1. The molecule has 5 rings (SSSR count). The zero-order valence-corrected chi connectivity index (χ0v) is 29.1. The monoisotopic (exact) mass is 819 g/mol. The third kappa shape index (κ3) is 11.0. The van der Waals surface area contributed by atoms with Crippen LogP contribution < -0.4 is 5.43 Å². The van der Waals surface area contributed by atoms with Crippen molar-refractivity contribution in [1.29, 1.82) is 0 Å². The van der Waals surface area contributed by atoms with Gasteiger partial charge < -0.3 is 14.8 Å². The third-order valence-corrected chi connectivity index (χ3v) is 8.68. The van der Waals surface area contributed by atoms with Gasteiger partial charge >= 0.3 is 0 Å². The van der Waals surface area contributed by atoms with Crippen LogP contribution in [0.25, 0.3) is 0 Å². The van der Waals surface area contributed by atoms with Crippen LogP contribution >= 0.6 is 45.2 Å². The largest absolute Gasteiger partial charge is 0.366 e. The molecule has 2 atom stereocenters. The van der Waals surface area contributed by atoms with Crippen LogP contribution in [0, 0.1) is 10.5 Å². The smallest absolute Gasteiger partial charge is 0.195 e. The number of allylic oxidation sites excluding steroid dienone is 2. The lowest BCUT2D eigenvalue weighted by atomic mass is 10.1. The molecular weight excluding hydrogens is 784 g/mol. The standard InChI is InChI=1S/C14H14INO2.C14H15NO2.C6H6INO/c1-10-7-13(17)12(15)8-16(10)9-14(18)11-5-3-2-4-6-11;1-11-9-13(16)7-8-15(11)10-14(17)12-5-3-2-4-6-12;1-4-2-6(9)5(7)3-8-4/h2-6,8,10H,7,9H2,1H3;2-8,11H,9-10H2,1H3;2-3H,1H3,(H,8,9). The van der Waals surface area contributed by atoms with Gasteiger partial charge in [0.15, 0.2) is 28.6 Å². The van der Waals surface area contributed by atoms with E-state index in [-0.39, 0.29) is 40.6 Å². The number of hydrogen-bond acceptors (Lipinski definition) is 7. The lowest BCUT2D eigenvalue weighted by molar-refractivity contribution is -0.117. The van der Waals surface area contributed by atoms with E-state index in [0.29, 0.717) is 40.6 Å². The van der Waals surface area contributed by atoms with Crippen LogP contribution in [-0.4, -0.2) is 63.1 Å². The molecule has 0 fully saturated rings. The fourth-order valence-corrected chi connectivity index (χ4v) is 5.25. The Balaban J connectivity index is 0.000000190. The molecule has 230 valence electrons. The van der Waals surface area contributed by atoms with Gasteiger partial charge in [0.1, 0.15) is 0 Å². The van der Waals surface area contributed by atoms with Crippen molar-refractivity contribution >= 4 is 68.3 Å². The minimum Gasteiger partial charge on any atom is -0.366 e. The molecule has 44 heavy (non-hydrogen) atoms. The molecule has 3 aromatic rings. The summed E-state index contributed by atoms with van der Waals surface area (Å²) in [5, 5.41) is 0. The highest BCUT2D eigenvalue weighted by Gasteiger charge is 2.24. The Bertz CT molecular complexity index is 1590. The van der Waals surface area contributed by atoms with E-state index >= 15 is 0 Å². The number of nitrogens with zero attached hydrogens (tertiary/aromatic N) is 2. The summed E-state index contributed by atoms with van der Waals surface area (Å²) in [5.74, 6) is 0.445. The summed E-state index contributed by atoms with van der Waals surface area (Å²) >= 11 is 4.03. The molecule has 0 amide bonds. The van der Waals surface area contributed by atoms with E-state index in [1.807, 2.05) is 136 Å². The van der Waals surface area contributed by atoms with Gasteiger partial charge in [-0.1, -0.05) is 60.7 Å². The van der Waals surface area contributed by atoms with Crippen molar-refractivity contribution in [1.82, 2.24) is 14.8 Å². The first kappa shape index (κ1) is 35.1. The first-order valence-electron chi connectivity index (χ1n) is 14.1. The molecule has 2 aromatic carbocycles. The quantitative estimate of drug-likeness (QED) is 0.235. The number of Topliss-reactive ketones (excluding diaryl/α,β-unsaturated/α-hetero) is 3. The maximum atomic E-state index is 12.1. The van der Waals surface area contributed by atoms with E-state index in [1.165, 1.54) is 6.08 Å². The van der Waals surface area contributed by atoms with Gasteiger partial charge in [0.05, 0.1) is 20.2 Å². The molecule has 0 bridgehead atoms. The predicted octanol–water partition coefficient (Wildman–Crippen LogP) is 6.14. The van der Waals surface area contributed by atoms with Crippen LogP contribution in [0.2, 0.25) is 0 Å².